The van der Waals surface area contributed by atoms with Crippen LogP contribution in [0.1, 0.15) is 12.6 Å². The number of methoxy groups -OCH3 is 2. The fourth-order valence-corrected chi connectivity index (χ4v) is 4.54. The number of benzene rings is 2. The summed E-state index contributed by atoms with van der Waals surface area (Å²) in [4.78, 5) is 5.13. The van der Waals surface area contributed by atoms with Crippen molar-refractivity contribution in [3.8, 4) is 28.4 Å². The number of aromatic nitrogens is 3. The number of hydrogen-bond acceptors (Lipinski definition) is 5. The van der Waals surface area contributed by atoms with Crippen molar-refractivity contribution in [3.63, 3.8) is 0 Å². The largest absolute Gasteiger partial charge is 0.493 e. The van der Waals surface area contributed by atoms with Gasteiger partial charge in [0.2, 0.25) is 0 Å². The Morgan fingerprint density at radius 3 is 2.33 bits per heavy atom. The number of thiophene rings is 1. The van der Waals surface area contributed by atoms with Crippen molar-refractivity contribution in [3.05, 3.63) is 65.0 Å². The Labute approximate surface area is 178 Å². The molecule has 0 saturated heterocycles. The minimum Gasteiger partial charge on any atom is -0.493 e. The number of para-hydroxylation sites is 1. The monoisotopic (exact) mass is 415 g/mol. The van der Waals surface area contributed by atoms with E-state index in [2.05, 4.69) is 35.9 Å². The first-order chi connectivity index (χ1) is 14.7. The average Bonchev–Trinajstić information content (AvgIpc) is 3.46. The van der Waals surface area contributed by atoms with Crippen molar-refractivity contribution in [2.75, 3.05) is 14.2 Å². The third kappa shape index (κ3) is 2.83. The highest BCUT2D eigenvalue weighted by Gasteiger charge is 2.21. The molecule has 0 aliphatic rings. The molecule has 30 heavy (non-hydrogen) atoms. The molecule has 2 aromatic carbocycles. The highest BCUT2D eigenvalue weighted by Crippen LogP contribution is 2.41. The number of rotatable bonds is 5. The molecule has 0 unspecified atom stereocenters. The molecule has 3 aromatic heterocycles. The molecule has 5 rings (SSSR count). The lowest BCUT2D eigenvalue weighted by molar-refractivity contribution is 0.356. The Balaban J connectivity index is 1.97. The van der Waals surface area contributed by atoms with Crippen molar-refractivity contribution >= 4 is 33.1 Å². The molecular formula is C24H21N3O2S. The minimum atomic E-state index is 0.691. The molecule has 0 spiro atoms. The van der Waals surface area contributed by atoms with E-state index >= 15 is 0 Å². The zero-order valence-corrected chi connectivity index (χ0v) is 17.9. The van der Waals surface area contributed by atoms with E-state index in [0.29, 0.717) is 11.5 Å². The third-order valence-electron chi connectivity index (χ3n) is 5.33. The molecule has 0 aliphatic heterocycles. The van der Waals surface area contributed by atoms with Crippen LogP contribution in [0.25, 0.3) is 38.8 Å². The number of nitrogens with zero attached hydrogens (tertiary/aromatic N) is 3. The number of hydrogen-bond donors (Lipinski definition) is 0. The van der Waals surface area contributed by atoms with Gasteiger partial charge in [0.05, 0.1) is 36.7 Å². The molecule has 5 nitrogen and oxygen atoms in total. The maximum absolute atomic E-state index is 5.62. The maximum Gasteiger partial charge on any atom is 0.164 e. The highest BCUT2D eigenvalue weighted by atomic mass is 32.1. The summed E-state index contributed by atoms with van der Waals surface area (Å²) in [6.45, 7) is 2.12. The van der Waals surface area contributed by atoms with Crippen molar-refractivity contribution in [1.29, 1.82) is 0 Å². The second kappa shape index (κ2) is 7.46. The summed E-state index contributed by atoms with van der Waals surface area (Å²) in [5.74, 6) is 1.39. The zero-order valence-electron chi connectivity index (χ0n) is 17.0. The molecule has 0 amide bonds. The van der Waals surface area contributed by atoms with E-state index in [0.717, 1.165) is 50.9 Å². The predicted octanol–water partition coefficient (Wildman–Crippen LogP) is 5.88. The smallest absolute Gasteiger partial charge is 0.164 e. The average molecular weight is 416 g/mol. The molecule has 3 heterocycles. The number of fused-ring (bicyclic) bond motifs is 3. The van der Waals surface area contributed by atoms with Gasteiger partial charge in [0.25, 0.3) is 0 Å². The zero-order chi connectivity index (χ0) is 20.7. The second-order valence-electron chi connectivity index (χ2n) is 6.97. The minimum absolute atomic E-state index is 0.691. The van der Waals surface area contributed by atoms with Gasteiger partial charge in [0.15, 0.2) is 17.1 Å². The van der Waals surface area contributed by atoms with E-state index in [-0.39, 0.29) is 0 Å². The van der Waals surface area contributed by atoms with E-state index in [1.165, 1.54) is 0 Å². The van der Waals surface area contributed by atoms with Crippen molar-refractivity contribution in [2.24, 2.45) is 0 Å². The van der Waals surface area contributed by atoms with Gasteiger partial charge < -0.3 is 9.47 Å². The van der Waals surface area contributed by atoms with Gasteiger partial charge in [0, 0.05) is 21.7 Å². The van der Waals surface area contributed by atoms with E-state index in [1.54, 1.807) is 25.6 Å². The van der Waals surface area contributed by atoms with Crippen LogP contribution in [0.3, 0.4) is 0 Å². The van der Waals surface area contributed by atoms with Crippen LogP contribution in [0.2, 0.25) is 0 Å². The van der Waals surface area contributed by atoms with Gasteiger partial charge >= 0.3 is 0 Å². The summed E-state index contributed by atoms with van der Waals surface area (Å²) in [5, 5.41) is 12.3. The van der Waals surface area contributed by atoms with Gasteiger partial charge in [-0.3, -0.25) is 0 Å². The number of aryl methyl sites for hydroxylation is 1. The quantitative estimate of drug-likeness (QED) is 0.360. The first-order valence-corrected chi connectivity index (χ1v) is 10.7. The van der Waals surface area contributed by atoms with Crippen molar-refractivity contribution in [1.82, 2.24) is 14.8 Å². The van der Waals surface area contributed by atoms with E-state index in [9.17, 15) is 0 Å². The normalized spacial score (nSPS) is 11.3. The van der Waals surface area contributed by atoms with Gasteiger partial charge in [-0.05, 0) is 42.1 Å². The molecule has 0 bridgehead atoms. The molecule has 0 atom stereocenters. The first-order valence-electron chi connectivity index (χ1n) is 9.80. The topological polar surface area (TPSA) is 49.2 Å². The molecule has 0 N–H and O–H groups in total. The Kier molecular flexibility index (Phi) is 4.64. The Morgan fingerprint density at radius 1 is 0.967 bits per heavy atom. The van der Waals surface area contributed by atoms with Crippen molar-refractivity contribution < 1.29 is 9.47 Å². The molecular weight excluding hydrogens is 394 g/mol. The number of pyridine rings is 1. The molecule has 0 fully saturated rings. The van der Waals surface area contributed by atoms with Crippen LogP contribution < -0.4 is 9.47 Å². The summed E-state index contributed by atoms with van der Waals surface area (Å²) in [5.41, 5.74) is 4.85. The van der Waals surface area contributed by atoms with Crippen LogP contribution >= 0.6 is 11.3 Å². The summed E-state index contributed by atoms with van der Waals surface area (Å²) in [6.07, 6.45) is 0.805. The van der Waals surface area contributed by atoms with Gasteiger partial charge in [-0.1, -0.05) is 25.1 Å². The standard InChI is InChI=1S/C24H21N3O2S/c1-4-19-22-17-12-20(28-2)21(29-3)13-18(17)23(15-10-11-30-14-15)25-24(22)27(26-19)16-8-6-5-7-9-16/h5-14H,4H2,1-3H3. The first kappa shape index (κ1) is 18.6. The lowest BCUT2D eigenvalue weighted by atomic mass is 10.0. The van der Waals surface area contributed by atoms with E-state index < -0.39 is 0 Å². The van der Waals surface area contributed by atoms with Crippen LogP contribution in [-0.4, -0.2) is 29.0 Å². The van der Waals surface area contributed by atoms with Crippen LogP contribution in [-0.2, 0) is 6.42 Å². The van der Waals surface area contributed by atoms with Crippen LogP contribution in [0.5, 0.6) is 11.5 Å². The predicted molar refractivity (Wildman–Crippen MR) is 122 cm³/mol. The molecule has 0 aliphatic carbocycles. The highest BCUT2D eigenvalue weighted by molar-refractivity contribution is 7.08. The van der Waals surface area contributed by atoms with Gasteiger partial charge in [-0.2, -0.15) is 16.4 Å². The second-order valence-corrected chi connectivity index (χ2v) is 7.75. The Morgan fingerprint density at radius 2 is 1.70 bits per heavy atom. The van der Waals surface area contributed by atoms with Crippen LogP contribution in [0.15, 0.2) is 59.3 Å². The molecule has 6 heteroatoms. The maximum atomic E-state index is 5.62. The number of ether oxygens (including phenoxy) is 2. The molecule has 5 aromatic rings. The Bertz CT molecular complexity index is 1340. The van der Waals surface area contributed by atoms with Crippen LogP contribution in [0.4, 0.5) is 0 Å². The summed E-state index contributed by atoms with van der Waals surface area (Å²) in [7, 11) is 3.32. The summed E-state index contributed by atoms with van der Waals surface area (Å²) >= 11 is 1.66. The molecule has 150 valence electrons. The van der Waals surface area contributed by atoms with Crippen LogP contribution in [0, 0.1) is 0 Å². The molecule has 0 radical (unpaired) electrons. The summed E-state index contributed by atoms with van der Waals surface area (Å²) < 4.78 is 13.2. The van der Waals surface area contributed by atoms with Gasteiger partial charge in [-0.25, -0.2) is 9.67 Å². The Hall–Kier alpha value is -3.38. The third-order valence-corrected chi connectivity index (χ3v) is 6.01. The SMILES string of the molecule is CCc1nn(-c2ccccc2)c2nc(-c3ccsc3)c3cc(OC)c(OC)cc3c12. The van der Waals surface area contributed by atoms with Crippen molar-refractivity contribution in [2.45, 2.75) is 13.3 Å². The molecule has 0 saturated carbocycles. The van der Waals surface area contributed by atoms with Gasteiger partial charge in [-0.15, -0.1) is 0 Å². The van der Waals surface area contributed by atoms with Gasteiger partial charge in [0.1, 0.15) is 0 Å². The van der Waals surface area contributed by atoms with E-state index in [4.69, 9.17) is 19.6 Å². The van der Waals surface area contributed by atoms with E-state index in [1.807, 2.05) is 35.0 Å². The fraction of sp³-hybridized carbons (Fsp3) is 0.167. The fourth-order valence-electron chi connectivity index (χ4n) is 3.90. The lowest BCUT2D eigenvalue weighted by Gasteiger charge is -2.13. The lowest BCUT2D eigenvalue weighted by Crippen LogP contribution is -1.99. The summed E-state index contributed by atoms with van der Waals surface area (Å²) in [6, 6.07) is 16.3.